The summed E-state index contributed by atoms with van der Waals surface area (Å²) in [6, 6.07) is 7.08. The maximum Gasteiger partial charge on any atom is 0.511 e. The quantitative estimate of drug-likeness (QED) is 0.401. The fraction of sp³-hybridized carbons (Fsp3) is 0.731. The lowest BCUT2D eigenvalue weighted by Crippen LogP contribution is -2.59. The minimum atomic E-state index is -0.639. The summed E-state index contributed by atoms with van der Waals surface area (Å²) in [5.74, 6) is 1.94. The van der Waals surface area contributed by atoms with Crippen LogP contribution in [0.1, 0.15) is 82.8 Å². The van der Waals surface area contributed by atoms with Gasteiger partial charge in [0.1, 0.15) is 5.75 Å². The molecule has 2 bridgehead atoms. The Morgan fingerprint density at radius 1 is 1.23 bits per heavy atom. The van der Waals surface area contributed by atoms with Gasteiger partial charge in [0.25, 0.3) is 0 Å². The number of piperidine rings is 1. The molecule has 2 aliphatic carbocycles. The number of rotatable bonds is 9. The Kier molecular flexibility index (Phi) is 7.42. The van der Waals surface area contributed by atoms with Crippen molar-refractivity contribution in [3.8, 4) is 5.75 Å². The van der Waals surface area contributed by atoms with Crippen LogP contribution in [-0.2, 0) is 21.3 Å². The molecule has 1 saturated carbocycles. The minimum Gasteiger partial charge on any atom is -0.457 e. The molecule has 1 N–H and O–H groups in total. The molecule has 172 valence electrons. The second kappa shape index (κ2) is 10.2. The van der Waals surface area contributed by atoms with E-state index in [0.29, 0.717) is 24.0 Å². The Morgan fingerprint density at radius 2 is 2.13 bits per heavy atom. The van der Waals surface area contributed by atoms with Gasteiger partial charge >= 0.3 is 6.16 Å². The molecule has 2 fully saturated rings. The molecular weight excluding hydrogens is 390 g/mol. The first-order valence-corrected chi connectivity index (χ1v) is 12.5. The van der Waals surface area contributed by atoms with Crippen molar-refractivity contribution in [2.75, 3.05) is 19.9 Å². The van der Waals surface area contributed by atoms with Gasteiger partial charge in [-0.15, -0.1) is 0 Å². The fourth-order valence-corrected chi connectivity index (χ4v) is 6.26. The van der Waals surface area contributed by atoms with Crippen molar-refractivity contribution in [1.82, 2.24) is 5.32 Å². The van der Waals surface area contributed by atoms with Crippen LogP contribution in [0.15, 0.2) is 18.2 Å². The standard InChI is InChI=1S/C26H39NO4/c1-3-5-8-19(4-2)17-29-25(28)31-18-30-21-11-10-20-15-24-22-9-6-7-12-26(22,13-14-27-24)23(20)16-21/h10-11,16,19,22,24,27H,3-9,12-15,17-18H2,1-2H3/t19?,22-,24+,26+/m0/s1. The van der Waals surface area contributed by atoms with Gasteiger partial charge in [0.05, 0.1) is 6.61 Å². The number of hydrogen-bond donors (Lipinski definition) is 1. The Balaban J connectivity index is 1.32. The average Bonchev–Trinajstić information content (AvgIpc) is 2.79. The first-order chi connectivity index (χ1) is 15.2. The highest BCUT2D eigenvalue weighted by molar-refractivity contribution is 5.59. The molecule has 1 heterocycles. The van der Waals surface area contributed by atoms with Crippen LogP contribution in [0.4, 0.5) is 4.79 Å². The molecule has 4 atom stereocenters. The first kappa shape index (κ1) is 22.4. The highest BCUT2D eigenvalue weighted by Crippen LogP contribution is 2.54. The third-order valence-electron chi connectivity index (χ3n) is 8.00. The Hall–Kier alpha value is -1.75. The summed E-state index contributed by atoms with van der Waals surface area (Å²) in [6.07, 6.45) is 11.4. The molecule has 5 heteroatoms. The van der Waals surface area contributed by atoms with Crippen LogP contribution in [0.3, 0.4) is 0 Å². The van der Waals surface area contributed by atoms with Crippen LogP contribution in [-0.4, -0.2) is 32.1 Å². The maximum absolute atomic E-state index is 12.0. The molecule has 1 aliphatic heterocycles. The van der Waals surface area contributed by atoms with Crippen LogP contribution >= 0.6 is 0 Å². The predicted molar refractivity (Wildman–Crippen MR) is 121 cm³/mol. The second-order valence-corrected chi connectivity index (χ2v) is 9.73. The summed E-state index contributed by atoms with van der Waals surface area (Å²) in [5, 5.41) is 3.78. The molecule has 0 spiro atoms. The van der Waals surface area contributed by atoms with Gasteiger partial charge in [-0.3, -0.25) is 0 Å². The van der Waals surface area contributed by atoms with Crippen molar-refractivity contribution in [1.29, 1.82) is 0 Å². The van der Waals surface area contributed by atoms with Gasteiger partial charge in [-0.25, -0.2) is 4.79 Å². The molecule has 1 unspecified atom stereocenters. The predicted octanol–water partition coefficient (Wildman–Crippen LogP) is 5.74. The Morgan fingerprint density at radius 3 is 2.97 bits per heavy atom. The lowest BCUT2D eigenvalue weighted by atomic mass is 9.53. The Labute approximate surface area is 187 Å². The van der Waals surface area contributed by atoms with Crippen molar-refractivity contribution in [2.24, 2.45) is 11.8 Å². The molecule has 1 aromatic carbocycles. The van der Waals surface area contributed by atoms with Gasteiger partial charge in [0.2, 0.25) is 6.79 Å². The molecule has 4 rings (SSSR count). The van der Waals surface area contributed by atoms with Crippen LogP contribution in [0, 0.1) is 11.8 Å². The van der Waals surface area contributed by atoms with E-state index in [1.807, 2.05) is 6.07 Å². The van der Waals surface area contributed by atoms with Crippen LogP contribution < -0.4 is 10.1 Å². The van der Waals surface area contributed by atoms with Gasteiger partial charge in [-0.1, -0.05) is 52.0 Å². The van der Waals surface area contributed by atoms with E-state index in [0.717, 1.165) is 50.3 Å². The van der Waals surface area contributed by atoms with E-state index in [1.165, 1.54) is 43.2 Å². The molecule has 1 aromatic rings. The zero-order valence-corrected chi connectivity index (χ0v) is 19.3. The fourth-order valence-electron chi connectivity index (χ4n) is 6.26. The number of unbranched alkanes of at least 4 members (excludes halogenated alkanes) is 1. The minimum absolute atomic E-state index is 0.107. The molecule has 3 aliphatic rings. The number of hydrogen-bond acceptors (Lipinski definition) is 5. The van der Waals surface area contributed by atoms with Gasteiger partial charge in [-0.05, 0) is 73.7 Å². The number of carbonyl (C=O) groups excluding carboxylic acids is 1. The maximum atomic E-state index is 12.0. The number of carbonyl (C=O) groups is 1. The monoisotopic (exact) mass is 429 g/mol. The van der Waals surface area contributed by atoms with Gasteiger partial charge < -0.3 is 19.5 Å². The molecular formula is C26H39NO4. The van der Waals surface area contributed by atoms with E-state index in [1.54, 1.807) is 0 Å². The summed E-state index contributed by atoms with van der Waals surface area (Å²) >= 11 is 0. The summed E-state index contributed by atoms with van der Waals surface area (Å²) in [4.78, 5) is 12.0. The zero-order chi connectivity index (χ0) is 21.7. The van der Waals surface area contributed by atoms with E-state index in [-0.39, 0.29) is 6.79 Å². The molecule has 31 heavy (non-hydrogen) atoms. The summed E-state index contributed by atoms with van der Waals surface area (Å²) in [5.41, 5.74) is 3.24. The largest absolute Gasteiger partial charge is 0.511 e. The topological polar surface area (TPSA) is 56.8 Å². The van der Waals surface area contributed by atoms with E-state index < -0.39 is 6.16 Å². The van der Waals surface area contributed by atoms with Crippen molar-refractivity contribution in [3.63, 3.8) is 0 Å². The molecule has 0 amide bonds. The number of nitrogens with one attached hydrogen (secondary N) is 1. The van der Waals surface area contributed by atoms with Crippen LogP contribution in [0.2, 0.25) is 0 Å². The van der Waals surface area contributed by atoms with Gasteiger partial charge in [0, 0.05) is 11.5 Å². The van der Waals surface area contributed by atoms with Crippen molar-refractivity contribution >= 4 is 6.16 Å². The summed E-state index contributed by atoms with van der Waals surface area (Å²) in [6.45, 7) is 5.74. The van der Waals surface area contributed by atoms with E-state index in [4.69, 9.17) is 14.2 Å². The van der Waals surface area contributed by atoms with Gasteiger partial charge in [0.15, 0.2) is 0 Å². The molecule has 0 aromatic heterocycles. The smallest absolute Gasteiger partial charge is 0.457 e. The first-order valence-electron chi connectivity index (χ1n) is 12.5. The van der Waals surface area contributed by atoms with Crippen LogP contribution in [0.25, 0.3) is 0 Å². The van der Waals surface area contributed by atoms with E-state index in [2.05, 4.69) is 31.3 Å². The number of fused-ring (bicyclic) bond motifs is 1. The van der Waals surface area contributed by atoms with Crippen molar-refractivity contribution in [3.05, 3.63) is 29.3 Å². The highest BCUT2D eigenvalue weighted by atomic mass is 16.8. The van der Waals surface area contributed by atoms with Crippen molar-refractivity contribution in [2.45, 2.75) is 89.5 Å². The van der Waals surface area contributed by atoms with E-state index in [9.17, 15) is 4.79 Å². The molecule has 5 nitrogen and oxygen atoms in total. The third-order valence-corrected chi connectivity index (χ3v) is 8.00. The number of benzene rings is 1. The van der Waals surface area contributed by atoms with Crippen LogP contribution in [0.5, 0.6) is 5.75 Å². The van der Waals surface area contributed by atoms with E-state index >= 15 is 0 Å². The number of ether oxygens (including phenoxy) is 3. The molecule has 0 radical (unpaired) electrons. The third kappa shape index (κ3) is 4.87. The normalized spacial score (nSPS) is 27.5. The second-order valence-electron chi connectivity index (χ2n) is 9.73. The average molecular weight is 430 g/mol. The SMILES string of the molecule is CCCCC(CC)COC(=O)OCOc1ccc2c(c1)[C@@]13CCCC[C@H]1[C@@H](C2)NCC3. The summed E-state index contributed by atoms with van der Waals surface area (Å²) < 4.78 is 16.3. The van der Waals surface area contributed by atoms with Crippen molar-refractivity contribution < 1.29 is 19.0 Å². The lowest BCUT2D eigenvalue weighted by Gasteiger charge is -2.56. The Bertz CT molecular complexity index is 747. The van der Waals surface area contributed by atoms with Gasteiger partial charge in [-0.2, -0.15) is 0 Å². The lowest BCUT2D eigenvalue weighted by molar-refractivity contribution is -0.00251. The summed E-state index contributed by atoms with van der Waals surface area (Å²) in [7, 11) is 0. The zero-order valence-electron chi connectivity index (χ0n) is 19.3. The molecule has 1 saturated heterocycles. The highest BCUT2D eigenvalue weighted by Gasteiger charge is 2.51.